The molecule has 0 bridgehead atoms. The number of benzene rings is 2. The van der Waals surface area contributed by atoms with Crippen molar-refractivity contribution in [2.75, 3.05) is 0 Å². The van der Waals surface area contributed by atoms with Gasteiger partial charge in [0, 0.05) is 22.7 Å². The van der Waals surface area contributed by atoms with E-state index >= 15 is 0 Å². The molecule has 1 heterocycles. The third kappa shape index (κ3) is 5.12. The number of hydrogen-bond donors (Lipinski definition) is 1. The van der Waals surface area contributed by atoms with Crippen LogP contribution in [0.5, 0.6) is 11.6 Å². The zero-order valence-electron chi connectivity index (χ0n) is 14.3. The molecule has 0 saturated carbocycles. The number of carbonyl (C=O) groups excluding carboxylic acids is 1. The van der Waals surface area contributed by atoms with Gasteiger partial charge in [0.05, 0.1) is 11.1 Å². The number of halogens is 1. The second-order valence-electron chi connectivity index (χ2n) is 5.49. The van der Waals surface area contributed by atoms with Gasteiger partial charge >= 0.3 is 0 Å². The molecular weight excluding hydrogens is 384 g/mol. The first kappa shape index (κ1) is 19.0. The molecule has 0 aliphatic rings. The van der Waals surface area contributed by atoms with Gasteiger partial charge in [0.25, 0.3) is 11.6 Å². The lowest BCUT2D eigenvalue weighted by atomic mass is 10.2. The van der Waals surface area contributed by atoms with Crippen molar-refractivity contribution in [1.82, 2.24) is 10.4 Å². The van der Waals surface area contributed by atoms with Gasteiger partial charge in [-0.2, -0.15) is 5.10 Å². The van der Waals surface area contributed by atoms with Crippen LogP contribution < -0.4 is 10.2 Å². The third-order valence-electron chi connectivity index (χ3n) is 3.52. The Labute approximate surface area is 164 Å². The third-order valence-corrected chi connectivity index (χ3v) is 3.77. The lowest BCUT2D eigenvalue weighted by molar-refractivity contribution is -0.385. The van der Waals surface area contributed by atoms with Gasteiger partial charge in [0.1, 0.15) is 11.9 Å². The molecule has 1 N–H and O–H groups in total. The zero-order chi connectivity index (χ0) is 19.9. The van der Waals surface area contributed by atoms with E-state index < -0.39 is 4.92 Å². The van der Waals surface area contributed by atoms with E-state index in [2.05, 4.69) is 15.5 Å². The Morgan fingerprint density at radius 3 is 2.43 bits per heavy atom. The molecule has 140 valence electrons. The summed E-state index contributed by atoms with van der Waals surface area (Å²) in [4.78, 5) is 25.9. The topological polar surface area (TPSA) is 107 Å². The van der Waals surface area contributed by atoms with Crippen LogP contribution in [0.2, 0.25) is 5.02 Å². The van der Waals surface area contributed by atoms with Crippen LogP contribution in [0.15, 0.2) is 72.0 Å². The fourth-order valence-corrected chi connectivity index (χ4v) is 2.24. The predicted octanol–water partition coefficient (Wildman–Crippen LogP) is 4.20. The van der Waals surface area contributed by atoms with Crippen molar-refractivity contribution < 1.29 is 14.5 Å². The molecule has 1 amide bonds. The summed E-state index contributed by atoms with van der Waals surface area (Å²) < 4.78 is 5.52. The van der Waals surface area contributed by atoms with Crippen molar-refractivity contribution in [3.05, 3.63) is 93.1 Å². The molecule has 0 fully saturated rings. The molecule has 0 spiro atoms. The Hall–Kier alpha value is -3.78. The second kappa shape index (κ2) is 8.74. The molecule has 0 aliphatic heterocycles. The average molecular weight is 397 g/mol. The van der Waals surface area contributed by atoms with Gasteiger partial charge < -0.3 is 4.74 Å². The van der Waals surface area contributed by atoms with Gasteiger partial charge in [-0.3, -0.25) is 14.9 Å². The quantitative estimate of drug-likeness (QED) is 0.381. The Morgan fingerprint density at radius 2 is 1.82 bits per heavy atom. The fraction of sp³-hybridized carbons (Fsp3) is 0. The molecular formula is C19H13ClN4O4. The first-order valence-electron chi connectivity index (χ1n) is 7.98. The Kier molecular flexibility index (Phi) is 5.93. The van der Waals surface area contributed by atoms with E-state index in [0.717, 1.165) is 11.8 Å². The number of nitro groups is 1. The predicted molar refractivity (Wildman–Crippen MR) is 104 cm³/mol. The summed E-state index contributed by atoms with van der Waals surface area (Å²) in [5, 5.41) is 15.1. The van der Waals surface area contributed by atoms with Gasteiger partial charge in [0.2, 0.25) is 5.88 Å². The van der Waals surface area contributed by atoms with Gasteiger partial charge in [-0.25, -0.2) is 10.4 Å². The summed E-state index contributed by atoms with van der Waals surface area (Å²) in [6.45, 7) is 0. The number of hydrazone groups is 1. The van der Waals surface area contributed by atoms with Gasteiger partial charge in [0.15, 0.2) is 0 Å². The van der Waals surface area contributed by atoms with E-state index in [1.807, 2.05) is 0 Å². The molecule has 0 radical (unpaired) electrons. The van der Waals surface area contributed by atoms with Gasteiger partial charge in [-0.15, -0.1) is 0 Å². The molecule has 9 heteroatoms. The highest BCUT2D eigenvalue weighted by atomic mass is 35.5. The largest absolute Gasteiger partial charge is 0.439 e. The number of amides is 1. The van der Waals surface area contributed by atoms with E-state index in [1.165, 1.54) is 18.3 Å². The average Bonchev–Trinajstić information content (AvgIpc) is 2.70. The number of ether oxygens (including phenoxy) is 1. The number of rotatable bonds is 6. The van der Waals surface area contributed by atoms with Crippen molar-refractivity contribution >= 4 is 29.4 Å². The minimum absolute atomic E-state index is 0.112. The number of pyridine rings is 1. The van der Waals surface area contributed by atoms with Crippen LogP contribution in [0.3, 0.4) is 0 Å². The van der Waals surface area contributed by atoms with Gasteiger partial charge in [-0.1, -0.05) is 11.6 Å². The van der Waals surface area contributed by atoms with Crippen molar-refractivity contribution in [1.29, 1.82) is 0 Å². The van der Waals surface area contributed by atoms with Crippen molar-refractivity contribution in [2.45, 2.75) is 0 Å². The van der Waals surface area contributed by atoms with E-state index in [-0.39, 0.29) is 17.5 Å². The highest BCUT2D eigenvalue weighted by Gasteiger charge is 2.06. The summed E-state index contributed by atoms with van der Waals surface area (Å²) in [5.41, 5.74) is 3.50. The second-order valence-corrected chi connectivity index (χ2v) is 5.93. The summed E-state index contributed by atoms with van der Waals surface area (Å²) in [7, 11) is 0. The maximum Gasteiger partial charge on any atom is 0.287 e. The minimum atomic E-state index is -0.531. The molecule has 0 atom stereocenters. The van der Waals surface area contributed by atoms with Crippen molar-refractivity contribution in [3.8, 4) is 11.6 Å². The number of nitrogens with zero attached hydrogens (tertiary/aromatic N) is 3. The van der Waals surface area contributed by atoms with Crippen LogP contribution in [0, 0.1) is 10.1 Å². The first-order chi connectivity index (χ1) is 13.5. The summed E-state index contributed by atoms with van der Waals surface area (Å²) in [5.74, 6) is 0.392. The van der Waals surface area contributed by atoms with E-state index in [1.54, 1.807) is 48.5 Å². The Bertz CT molecular complexity index is 1000. The first-order valence-corrected chi connectivity index (χ1v) is 8.36. The lowest BCUT2D eigenvalue weighted by Crippen LogP contribution is -2.17. The summed E-state index contributed by atoms with van der Waals surface area (Å²) >= 11 is 5.78. The van der Waals surface area contributed by atoms with Crippen LogP contribution in [-0.4, -0.2) is 22.0 Å². The van der Waals surface area contributed by atoms with E-state index in [0.29, 0.717) is 16.3 Å². The van der Waals surface area contributed by atoms with Crippen molar-refractivity contribution in [2.24, 2.45) is 5.10 Å². The monoisotopic (exact) mass is 396 g/mol. The normalized spacial score (nSPS) is 10.6. The highest BCUT2D eigenvalue weighted by molar-refractivity contribution is 6.30. The van der Waals surface area contributed by atoms with E-state index in [4.69, 9.17) is 16.3 Å². The highest BCUT2D eigenvalue weighted by Crippen LogP contribution is 2.21. The van der Waals surface area contributed by atoms with Crippen LogP contribution in [-0.2, 0) is 0 Å². The van der Waals surface area contributed by atoms with Crippen molar-refractivity contribution in [3.63, 3.8) is 0 Å². The molecule has 1 aromatic heterocycles. The maximum atomic E-state index is 11.9. The Morgan fingerprint density at radius 1 is 1.11 bits per heavy atom. The Balaban J connectivity index is 1.56. The molecule has 2 aromatic carbocycles. The molecule has 0 saturated heterocycles. The number of aromatic nitrogens is 1. The number of hydrogen-bond acceptors (Lipinski definition) is 6. The molecule has 0 unspecified atom stereocenters. The van der Waals surface area contributed by atoms with E-state index in [9.17, 15) is 14.9 Å². The molecule has 28 heavy (non-hydrogen) atoms. The maximum absolute atomic E-state index is 11.9. The molecule has 8 nitrogen and oxygen atoms in total. The standard InChI is InChI=1S/C19H13ClN4O4/c20-15-5-3-14(4-6-15)19(25)23-22-11-13-1-8-17(9-2-13)28-18-10-7-16(12-21-18)24(26)27/h1-12H,(H,23,25)/b22-11-. The van der Waals surface area contributed by atoms with Crippen LogP contribution in [0.4, 0.5) is 5.69 Å². The van der Waals surface area contributed by atoms with Gasteiger partial charge in [-0.05, 0) is 54.1 Å². The summed E-state index contributed by atoms with van der Waals surface area (Å²) in [6.07, 6.45) is 2.61. The SMILES string of the molecule is O=C(N/N=C\c1ccc(Oc2ccc([N+](=O)[O-])cn2)cc1)c1ccc(Cl)cc1. The minimum Gasteiger partial charge on any atom is -0.439 e. The summed E-state index contributed by atoms with van der Waals surface area (Å²) in [6, 6.07) is 16.0. The zero-order valence-corrected chi connectivity index (χ0v) is 15.0. The van der Waals surface area contributed by atoms with Crippen LogP contribution in [0.25, 0.3) is 0 Å². The molecule has 0 aliphatic carbocycles. The lowest BCUT2D eigenvalue weighted by Gasteiger charge is -2.04. The van der Waals surface area contributed by atoms with Crippen LogP contribution in [0.1, 0.15) is 15.9 Å². The number of nitrogens with one attached hydrogen (secondary N) is 1. The number of carbonyl (C=O) groups is 1. The molecule has 3 aromatic rings. The molecule has 3 rings (SSSR count). The van der Waals surface area contributed by atoms with Crippen LogP contribution >= 0.6 is 11.6 Å². The smallest absolute Gasteiger partial charge is 0.287 e. The fourth-order valence-electron chi connectivity index (χ4n) is 2.11.